The molecule has 6 atom stereocenters. The van der Waals surface area contributed by atoms with E-state index in [1.807, 2.05) is 0 Å². The van der Waals surface area contributed by atoms with Crippen LogP contribution in [0.1, 0.15) is 30.7 Å². The van der Waals surface area contributed by atoms with E-state index in [1.165, 1.54) is 18.3 Å². The number of nitrogens with two attached hydrogens (primary N) is 1. The number of aromatic nitrogens is 5. The summed E-state index contributed by atoms with van der Waals surface area (Å²) < 4.78 is 60.4. The van der Waals surface area contributed by atoms with Crippen LogP contribution in [0, 0.1) is 17.5 Å². The number of ether oxygens (including phenoxy) is 3. The Bertz CT molecular complexity index is 1340. The largest absolute Gasteiger partial charge is 0.394 e. The van der Waals surface area contributed by atoms with Crippen molar-refractivity contribution in [3.8, 4) is 11.3 Å². The first-order valence-corrected chi connectivity index (χ1v) is 12.1. The number of aliphatic hydroxyl groups excluding tert-OH is 2. The molecule has 2 aliphatic heterocycles. The lowest BCUT2D eigenvalue weighted by Crippen LogP contribution is -2.64. The summed E-state index contributed by atoms with van der Waals surface area (Å²) in [6.45, 7) is -0.382. The van der Waals surface area contributed by atoms with Gasteiger partial charge in [-0.1, -0.05) is 16.8 Å². The molecule has 39 heavy (non-hydrogen) atoms. The normalized spacial score (nSPS) is 27.6. The molecule has 4 heterocycles. The number of aliphatic hydroxyl groups is 2. The molecule has 0 aliphatic carbocycles. The summed E-state index contributed by atoms with van der Waals surface area (Å²) in [5.74, 6) is -7.02. The Morgan fingerprint density at radius 3 is 2.59 bits per heavy atom. The van der Waals surface area contributed by atoms with Crippen LogP contribution in [0.2, 0.25) is 5.15 Å². The number of benzene rings is 1. The van der Waals surface area contributed by atoms with Crippen molar-refractivity contribution in [2.45, 2.75) is 49.1 Å². The van der Waals surface area contributed by atoms with E-state index in [0.29, 0.717) is 6.42 Å². The van der Waals surface area contributed by atoms with Crippen molar-refractivity contribution in [2.75, 3.05) is 13.2 Å². The van der Waals surface area contributed by atoms with Gasteiger partial charge in [0.1, 0.15) is 35.7 Å². The van der Waals surface area contributed by atoms with Gasteiger partial charge in [0.2, 0.25) is 0 Å². The Labute approximate surface area is 223 Å². The second-order valence-corrected chi connectivity index (χ2v) is 9.43. The number of nitrogens with zero attached hydrogens (tertiary/aromatic N) is 5. The van der Waals surface area contributed by atoms with Crippen LogP contribution in [0.25, 0.3) is 11.3 Å². The fourth-order valence-electron chi connectivity index (χ4n) is 4.78. The molecule has 12 nitrogen and oxygen atoms in total. The van der Waals surface area contributed by atoms with Crippen LogP contribution >= 0.6 is 11.6 Å². The zero-order valence-electron chi connectivity index (χ0n) is 20.0. The number of hydrogen-bond donors (Lipinski definition) is 3. The predicted octanol–water partition coefficient (Wildman–Crippen LogP) is 1.22. The van der Waals surface area contributed by atoms with Gasteiger partial charge in [-0.25, -0.2) is 17.9 Å². The van der Waals surface area contributed by atoms with Crippen LogP contribution in [-0.4, -0.2) is 78.6 Å². The van der Waals surface area contributed by atoms with Crippen molar-refractivity contribution in [2.24, 2.45) is 5.73 Å². The van der Waals surface area contributed by atoms with E-state index in [4.69, 9.17) is 31.5 Å². The fourth-order valence-corrected chi connectivity index (χ4v) is 4.88. The first-order valence-electron chi connectivity index (χ1n) is 11.7. The number of carbonyl (C=O) groups excluding carboxylic acids is 1. The number of amides is 1. The smallest absolute Gasteiger partial charge is 0.252 e. The van der Waals surface area contributed by atoms with Crippen molar-refractivity contribution in [1.82, 2.24) is 25.2 Å². The second kappa shape index (κ2) is 10.7. The number of hydrogen-bond acceptors (Lipinski definition) is 10. The van der Waals surface area contributed by atoms with Crippen molar-refractivity contribution in [3.05, 3.63) is 58.8 Å². The summed E-state index contributed by atoms with van der Waals surface area (Å²) >= 11 is 5.81. The maximum Gasteiger partial charge on any atom is 0.252 e. The van der Waals surface area contributed by atoms with Gasteiger partial charge in [-0.15, -0.1) is 10.2 Å². The van der Waals surface area contributed by atoms with Gasteiger partial charge in [-0.05, 0) is 30.7 Å². The minimum atomic E-state index is -1.65. The molecular weight excluding hydrogens is 549 g/mol. The van der Waals surface area contributed by atoms with E-state index < -0.39 is 66.2 Å². The summed E-state index contributed by atoms with van der Waals surface area (Å²) in [6, 6.07) is 3.00. The molecule has 1 aromatic carbocycles. The molecular formula is C23H22ClF3N6O6. The summed E-state index contributed by atoms with van der Waals surface area (Å²) in [5, 5.41) is 36.7. The van der Waals surface area contributed by atoms with Crippen LogP contribution in [-0.2, 0) is 19.0 Å². The van der Waals surface area contributed by atoms with Crippen molar-refractivity contribution < 1.29 is 42.4 Å². The SMILES string of the molecule is NC(=O)C(O[C@@H]1[C@@H](n2cc(-c3cc(F)c(F)c(F)c3)nn2)[C@@H](O)[C@@H](CO)O[C@@]12CCCO2)c1ccc(Cl)nn1. The molecule has 4 N–H and O–H groups in total. The molecule has 208 valence electrons. The summed E-state index contributed by atoms with van der Waals surface area (Å²) in [5.41, 5.74) is 5.43. The first kappa shape index (κ1) is 27.4. The maximum absolute atomic E-state index is 13.9. The Morgan fingerprint density at radius 2 is 2.00 bits per heavy atom. The zero-order chi connectivity index (χ0) is 27.9. The number of halogens is 4. The van der Waals surface area contributed by atoms with Crippen LogP contribution < -0.4 is 5.73 Å². The standard InChI is InChI=1S/C23H22ClF3N6O6/c24-16-3-2-13(29-31-16)20(22(28)36)38-21-18(19(35)15(9-34)39-23(21)4-1-5-37-23)33-8-14(30-32-33)10-6-11(25)17(27)12(26)7-10/h2-3,6-8,15,18-21,34-35H,1,4-5,9H2,(H2,28,36)/t15-,18+,19+,20?,21-,23+/m1/s1. The van der Waals surface area contributed by atoms with E-state index in [0.717, 1.165) is 16.8 Å². The van der Waals surface area contributed by atoms with Crippen molar-refractivity contribution >= 4 is 17.5 Å². The van der Waals surface area contributed by atoms with Gasteiger partial charge in [0.05, 0.1) is 19.4 Å². The number of primary amides is 1. The Morgan fingerprint density at radius 1 is 1.26 bits per heavy atom. The molecule has 1 spiro atoms. The highest BCUT2D eigenvalue weighted by Gasteiger charge is 2.59. The highest BCUT2D eigenvalue weighted by Crippen LogP contribution is 2.46. The molecule has 2 aromatic heterocycles. The van der Waals surface area contributed by atoms with Crippen LogP contribution in [0.3, 0.4) is 0 Å². The van der Waals surface area contributed by atoms with Crippen molar-refractivity contribution in [3.63, 3.8) is 0 Å². The van der Waals surface area contributed by atoms with E-state index in [9.17, 15) is 28.2 Å². The van der Waals surface area contributed by atoms with E-state index >= 15 is 0 Å². The van der Waals surface area contributed by atoms with Gasteiger partial charge in [0, 0.05) is 12.0 Å². The van der Waals surface area contributed by atoms with Crippen LogP contribution in [0.4, 0.5) is 13.2 Å². The second-order valence-electron chi connectivity index (χ2n) is 9.04. The highest BCUT2D eigenvalue weighted by atomic mass is 35.5. The first-order chi connectivity index (χ1) is 18.6. The highest BCUT2D eigenvalue weighted by molar-refractivity contribution is 6.29. The fraction of sp³-hybridized carbons (Fsp3) is 0.435. The summed E-state index contributed by atoms with van der Waals surface area (Å²) in [7, 11) is 0. The topological polar surface area (TPSA) is 168 Å². The van der Waals surface area contributed by atoms with Crippen LogP contribution in [0.5, 0.6) is 0 Å². The van der Waals surface area contributed by atoms with E-state index in [1.54, 1.807) is 0 Å². The molecule has 2 fully saturated rings. The third-order valence-corrected chi connectivity index (χ3v) is 6.78. The van der Waals surface area contributed by atoms with Crippen LogP contribution in [0.15, 0.2) is 30.5 Å². The molecule has 3 aromatic rings. The van der Waals surface area contributed by atoms with Gasteiger partial charge in [-0.2, -0.15) is 5.10 Å². The van der Waals surface area contributed by atoms with E-state index in [-0.39, 0.29) is 35.1 Å². The summed E-state index contributed by atoms with van der Waals surface area (Å²) in [6.07, 6.45) is -3.50. The van der Waals surface area contributed by atoms with Crippen molar-refractivity contribution in [1.29, 1.82) is 0 Å². The van der Waals surface area contributed by atoms with Gasteiger partial charge in [-0.3, -0.25) is 4.79 Å². The Balaban J connectivity index is 1.58. The Kier molecular flexibility index (Phi) is 7.54. The third-order valence-electron chi connectivity index (χ3n) is 6.58. The molecule has 16 heteroatoms. The molecule has 5 rings (SSSR count). The van der Waals surface area contributed by atoms with Gasteiger partial charge in [0.25, 0.3) is 5.91 Å². The number of rotatable bonds is 7. The maximum atomic E-state index is 13.9. The third kappa shape index (κ3) is 5.08. The zero-order valence-corrected chi connectivity index (χ0v) is 20.7. The monoisotopic (exact) mass is 570 g/mol. The summed E-state index contributed by atoms with van der Waals surface area (Å²) in [4.78, 5) is 12.5. The Hall–Kier alpha value is -3.21. The molecule has 1 unspecified atom stereocenters. The minimum Gasteiger partial charge on any atom is -0.394 e. The van der Waals surface area contributed by atoms with Gasteiger partial charge >= 0.3 is 0 Å². The molecule has 0 bridgehead atoms. The lowest BCUT2D eigenvalue weighted by Gasteiger charge is -2.49. The molecule has 0 saturated carbocycles. The molecule has 2 aliphatic rings. The van der Waals surface area contributed by atoms with Gasteiger partial charge in [0.15, 0.2) is 34.5 Å². The average Bonchev–Trinajstić information content (AvgIpc) is 3.58. The quantitative estimate of drug-likeness (QED) is 0.351. The predicted molar refractivity (Wildman–Crippen MR) is 124 cm³/mol. The lowest BCUT2D eigenvalue weighted by atomic mass is 9.88. The lowest BCUT2D eigenvalue weighted by molar-refractivity contribution is -0.351. The van der Waals surface area contributed by atoms with E-state index in [2.05, 4.69) is 20.5 Å². The average molecular weight is 571 g/mol. The van der Waals surface area contributed by atoms with Gasteiger partial charge < -0.3 is 30.2 Å². The molecule has 2 saturated heterocycles. The molecule has 0 radical (unpaired) electrons. The minimum absolute atomic E-state index is 0.00844. The number of carbonyl (C=O) groups is 1. The molecule has 1 amide bonds.